The molecule has 1 rings (SSSR count). The van der Waals surface area contributed by atoms with Gasteiger partial charge in [0.1, 0.15) is 0 Å². The van der Waals surface area contributed by atoms with Gasteiger partial charge < -0.3 is 4.74 Å². The second kappa shape index (κ2) is 3.38. The van der Waals surface area contributed by atoms with Crippen molar-refractivity contribution in [2.45, 2.75) is 27.2 Å². The summed E-state index contributed by atoms with van der Waals surface area (Å²) in [7, 11) is 0. The van der Waals surface area contributed by atoms with E-state index in [1.54, 1.807) is 0 Å². The molecule has 1 aliphatic heterocycles. The molecule has 1 saturated heterocycles. The molecule has 2 atom stereocenters. The Kier molecular flexibility index (Phi) is 2.72. The Hall–Kier alpha value is -0.0400. The minimum Gasteiger partial charge on any atom is -0.381 e. The lowest BCUT2D eigenvalue weighted by molar-refractivity contribution is 0.00874. The van der Waals surface area contributed by atoms with Crippen molar-refractivity contribution in [3.63, 3.8) is 0 Å². The zero-order valence-corrected chi connectivity index (χ0v) is 7.26. The second-order valence-electron chi connectivity index (χ2n) is 3.75. The van der Waals surface area contributed by atoms with Gasteiger partial charge in [-0.2, -0.15) is 0 Å². The van der Waals surface area contributed by atoms with Gasteiger partial charge in [-0.25, -0.2) is 0 Å². The van der Waals surface area contributed by atoms with E-state index in [0.717, 1.165) is 31.0 Å². The Morgan fingerprint density at radius 3 is 2.50 bits per heavy atom. The lowest BCUT2D eigenvalue weighted by Crippen LogP contribution is -2.28. The van der Waals surface area contributed by atoms with Gasteiger partial charge in [0.15, 0.2) is 0 Å². The van der Waals surface area contributed by atoms with Crippen LogP contribution in [-0.2, 0) is 4.74 Å². The predicted octanol–water partition coefficient (Wildman–Crippen LogP) is 2.32. The average Bonchev–Trinajstić information content (AvgIpc) is 1.88. The standard InChI is InChI=1S/C9H18O/c1-7(2)9-4-5-10-6-8(9)3/h7-9H,4-6H2,1-3H3/t8-,9+/m1/s1. The van der Waals surface area contributed by atoms with E-state index in [9.17, 15) is 0 Å². The molecule has 10 heavy (non-hydrogen) atoms. The van der Waals surface area contributed by atoms with Crippen LogP contribution in [0.15, 0.2) is 0 Å². The van der Waals surface area contributed by atoms with E-state index in [1.165, 1.54) is 6.42 Å². The van der Waals surface area contributed by atoms with Gasteiger partial charge in [-0.1, -0.05) is 20.8 Å². The van der Waals surface area contributed by atoms with Crippen LogP contribution < -0.4 is 0 Å². The Morgan fingerprint density at radius 2 is 2.10 bits per heavy atom. The summed E-state index contributed by atoms with van der Waals surface area (Å²) in [5, 5.41) is 0. The summed E-state index contributed by atoms with van der Waals surface area (Å²) in [4.78, 5) is 0. The molecule has 0 N–H and O–H groups in total. The van der Waals surface area contributed by atoms with E-state index in [1.807, 2.05) is 0 Å². The van der Waals surface area contributed by atoms with Crippen molar-refractivity contribution in [1.82, 2.24) is 0 Å². The van der Waals surface area contributed by atoms with Crippen molar-refractivity contribution in [2.75, 3.05) is 13.2 Å². The van der Waals surface area contributed by atoms with Gasteiger partial charge in [-0.3, -0.25) is 0 Å². The molecule has 1 heterocycles. The molecule has 0 aromatic carbocycles. The van der Waals surface area contributed by atoms with Crippen LogP contribution in [0.1, 0.15) is 27.2 Å². The van der Waals surface area contributed by atoms with Crippen LogP contribution in [0, 0.1) is 17.8 Å². The van der Waals surface area contributed by atoms with Gasteiger partial charge in [-0.15, -0.1) is 0 Å². The molecule has 0 bridgehead atoms. The van der Waals surface area contributed by atoms with Crippen LogP contribution in [0.3, 0.4) is 0 Å². The first-order valence-corrected chi connectivity index (χ1v) is 4.29. The van der Waals surface area contributed by atoms with Gasteiger partial charge in [0, 0.05) is 13.2 Å². The maximum atomic E-state index is 5.36. The third-order valence-electron chi connectivity index (χ3n) is 2.56. The smallest absolute Gasteiger partial charge is 0.0494 e. The molecule has 60 valence electrons. The molecule has 0 aliphatic carbocycles. The summed E-state index contributed by atoms with van der Waals surface area (Å²) >= 11 is 0. The quantitative estimate of drug-likeness (QED) is 0.546. The fourth-order valence-corrected chi connectivity index (χ4v) is 1.89. The normalized spacial score (nSPS) is 34.8. The SMILES string of the molecule is CC(C)[C@@H]1CCOC[C@H]1C. The van der Waals surface area contributed by atoms with Crippen molar-refractivity contribution in [2.24, 2.45) is 17.8 Å². The van der Waals surface area contributed by atoms with E-state index >= 15 is 0 Å². The van der Waals surface area contributed by atoms with E-state index in [-0.39, 0.29) is 0 Å². The summed E-state index contributed by atoms with van der Waals surface area (Å²) in [6.07, 6.45) is 1.26. The summed E-state index contributed by atoms with van der Waals surface area (Å²) in [6.45, 7) is 8.87. The monoisotopic (exact) mass is 142 g/mol. The van der Waals surface area contributed by atoms with Crippen LogP contribution in [0.25, 0.3) is 0 Å². The molecule has 1 aliphatic rings. The van der Waals surface area contributed by atoms with Gasteiger partial charge in [-0.05, 0) is 24.2 Å². The minimum absolute atomic E-state index is 0.772. The zero-order valence-electron chi connectivity index (χ0n) is 7.26. The topological polar surface area (TPSA) is 9.23 Å². The summed E-state index contributed by atoms with van der Waals surface area (Å²) < 4.78 is 5.36. The Bertz CT molecular complexity index is 98.9. The Morgan fingerprint density at radius 1 is 1.40 bits per heavy atom. The first kappa shape index (κ1) is 8.06. The van der Waals surface area contributed by atoms with Crippen molar-refractivity contribution >= 4 is 0 Å². The molecule has 0 amide bonds. The molecule has 0 saturated carbocycles. The lowest BCUT2D eigenvalue weighted by Gasteiger charge is -2.31. The summed E-state index contributed by atoms with van der Waals surface area (Å²) in [6, 6.07) is 0. The van der Waals surface area contributed by atoms with Crippen LogP contribution in [0.2, 0.25) is 0 Å². The van der Waals surface area contributed by atoms with Crippen molar-refractivity contribution in [1.29, 1.82) is 0 Å². The average molecular weight is 142 g/mol. The van der Waals surface area contributed by atoms with Crippen LogP contribution >= 0.6 is 0 Å². The first-order valence-electron chi connectivity index (χ1n) is 4.29. The predicted molar refractivity (Wildman–Crippen MR) is 42.9 cm³/mol. The third kappa shape index (κ3) is 1.72. The van der Waals surface area contributed by atoms with Crippen molar-refractivity contribution in [3.05, 3.63) is 0 Å². The molecule has 0 radical (unpaired) electrons. The maximum Gasteiger partial charge on any atom is 0.0494 e. The molecule has 1 heteroatoms. The highest BCUT2D eigenvalue weighted by molar-refractivity contribution is 4.72. The van der Waals surface area contributed by atoms with Crippen molar-refractivity contribution < 1.29 is 4.74 Å². The van der Waals surface area contributed by atoms with E-state index in [2.05, 4.69) is 20.8 Å². The molecule has 0 unspecified atom stereocenters. The van der Waals surface area contributed by atoms with Gasteiger partial charge >= 0.3 is 0 Å². The van der Waals surface area contributed by atoms with E-state index in [4.69, 9.17) is 4.74 Å². The molecule has 1 nitrogen and oxygen atoms in total. The molecule has 0 aromatic rings. The fraction of sp³-hybridized carbons (Fsp3) is 1.00. The highest BCUT2D eigenvalue weighted by atomic mass is 16.5. The minimum atomic E-state index is 0.772. The van der Waals surface area contributed by atoms with Crippen LogP contribution in [0.5, 0.6) is 0 Å². The maximum absolute atomic E-state index is 5.36. The van der Waals surface area contributed by atoms with Gasteiger partial charge in [0.2, 0.25) is 0 Å². The Balaban J connectivity index is 2.40. The number of hydrogen-bond acceptors (Lipinski definition) is 1. The van der Waals surface area contributed by atoms with E-state index in [0.29, 0.717) is 0 Å². The highest BCUT2D eigenvalue weighted by Gasteiger charge is 2.23. The molecular formula is C9H18O. The van der Waals surface area contributed by atoms with E-state index < -0.39 is 0 Å². The fourth-order valence-electron chi connectivity index (χ4n) is 1.89. The molecular weight excluding hydrogens is 124 g/mol. The van der Waals surface area contributed by atoms with Gasteiger partial charge in [0.05, 0.1) is 0 Å². The highest BCUT2D eigenvalue weighted by Crippen LogP contribution is 2.27. The third-order valence-corrected chi connectivity index (χ3v) is 2.56. The number of ether oxygens (including phenoxy) is 1. The molecule has 0 aromatic heterocycles. The van der Waals surface area contributed by atoms with Crippen molar-refractivity contribution in [3.8, 4) is 0 Å². The summed E-state index contributed by atoms with van der Waals surface area (Å²) in [5.74, 6) is 2.50. The number of hydrogen-bond donors (Lipinski definition) is 0. The van der Waals surface area contributed by atoms with Crippen LogP contribution in [-0.4, -0.2) is 13.2 Å². The zero-order chi connectivity index (χ0) is 7.56. The van der Waals surface area contributed by atoms with Gasteiger partial charge in [0.25, 0.3) is 0 Å². The first-order chi connectivity index (χ1) is 4.72. The lowest BCUT2D eigenvalue weighted by atomic mass is 9.81. The number of rotatable bonds is 1. The Labute approximate surface area is 63.8 Å². The van der Waals surface area contributed by atoms with Crippen LogP contribution in [0.4, 0.5) is 0 Å². The molecule has 0 spiro atoms. The second-order valence-corrected chi connectivity index (χ2v) is 3.75. The summed E-state index contributed by atoms with van der Waals surface area (Å²) in [5.41, 5.74) is 0. The largest absolute Gasteiger partial charge is 0.381 e. The molecule has 1 fully saturated rings.